The van der Waals surface area contributed by atoms with Crippen LogP contribution < -0.4 is 5.56 Å². The van der Waals surface area contributed by atoms with Gasteiger partial charge in [0.25, 0.3) is 5.56 Å². The number of sulfone groups is 1. The minimum atomic E-state index is -3.26. The van der Waals surface area contributed by atoms with Crippen LogP contribution in [0.2, 0.25) is 0 Å². The molecule has 0 atom stereocenters. The summed E-state index contributed by atoms with van der Waals surface area (Å²) in [5, 5.41) is 0.501. The Balaban J connectivity index is 1.58. The molecule has 0 unspecified atom stereocenters. The van der Waals surface area contributed by atoms with Crippen molar-refractivity contribution >= 4 is 32.5 Å². The summed E-state index contributed by atoms with van der Waals surface area (Å²) in [6, 6.07) is 20.3. The standard InChI is InChI=1S/C26H22N2O3S2/c1-32-22-8-4-7-19(15-22)5-3-6-20-11-14-25-24(16-20)26(29)28(18-27-25)17-21-9-12-23(13-10-21)33(2,30)31/h4,7-16,18H,5,17H2,1-2H3. The Labute approximate surface area is 197 Å². The molecule has 0 bridgehead atoms. The Morgan fingerprint density at radius 3 is 2.52 bits per heavy atom. The Bertz CT molecular complexity index is 1540. The van der Waals surface area contributed by atoms with Gasteiger partial charge in [0.15, 0.2) is 9.84 Å². The predicted octanol–water partition coefficient (Wildman–Crippen LogP) is 4.16. The van der Waals surface area contributed by atoms with Gasteiger partial charge in [0.2, 0.25) is 0 Å². The average molecular weight is 475 g/mol. The van der Waals surface area contributed by atoms with Gasteiger partial charge in [-0.15, -0.1) is 11.8 Å². The molecule has 0 saturated heterocycles. The maximum atomic E-state index is 13.1. The summed E-state index contributed by atoms with van der Waals surface area (Å²) >= 11 is 1.70. The third-order valence-corrected chi connectivity index (χ3v) is 7.04. The number of benzene rings is 3. The van der Waals surface area contributed by atoms with Gasteiger partial charge >= 0.3 is 0 Å². The lowest BCUT2D eigenvalue weighted by Gasteiger charge is -2.08. The number of hydrogen-bond acceptors (Lipinski definition) is 5. The maximum absolute atomic E-state index is 13.1. The van der Waals surface area contributed by atoms with E-state index in [0.717, 1.165) is 16.7 Å². The van der Waals surface area contributed by atoms with Crippen molar-refractivity contribution in [1.29, 1.82) is 0 Å². The molecule has 1 heterocycles. The first-order valence-corrected chi connectivity index (χ1v) is 13.3. The minimum Gasteiger partial charge on any atom is -0.294 e. The van der Waals surface area contributed by atoms with E-state index in [4.69, 9.17) is 0 Å². The molecule has 0 spiro atoms. The zero-order valence-electron chi connectivity index (χ0n) is 18.3. The molecule has 33 heavy (non-hydrogen) atoms. The maximum Gasteiger partial charge on any atom is 0.261 e. The van der Waals surface area contributed by atoms with Gasteiger partial charge in [-0.05, 0) is 59.8 Å². The first kappa shape index (κ1) is 22.8. The Morgan fingerprint density at radius 2 is 1.79 bits per heavy atom. The molecule has 0 aliphatic carbocycles. The van der Waals surface area contributed by atoms with Crippen LogP contribution in [0.4, 0.5) is 0 Å². The summed E-state index contributed by atoms with van der Waals surface area (Å²) in [6.45, 7) is 0.299. The monoisotopic (exact) mass is 474 g/mol. The summed E-state index contributed by atoms with van der Waals surface area (Å²) in [6.07, 6.45) is 5.36. The molecule has 7 heteroatoms. The van der Waals surface area contributed by atoms with Crippen molar-refractivity contribution in [1.82, 2.24) is 9.55 Å². The molecule has 4 rings (SSSR count). The zero-order chi connectivity index (χ0) is 23.4. The largest absolute Gasteiger partial charge is 0.294 e. The molecule has 0 fully saturated rings. The van der Waals surface area contributed by atoms with E-state index in [9.17, 15) is 13.2 Å². The third kappa shape index (κ3) is 5.54. The summed E-state index contributed by atoms with van der Waals surface area (Å²) in [5.74, 6) is 6.34. The predicted molar refractivity (Wildman–Crippen MR) is 133 cm³/mol. The van der Waals surface area contributed by atoms with Crippen LogP contribution in [0, 0.1) is 11.8 Å². The summed E-state index contributed by atoms with van der Waals surface area (Å²) in [4.78, 5) is 18.9. The molecule has 0 N–H and O–H groups in total. The molecule has 0 aliphatic rings. The van der Waals surface area contributed by atoms with Crippen molar-refractivity contribution in [2.75, 3.05) is 12.5 Å². The van der Waals surface area contributed by atoms with Crippen LogP contribution in [0.15, 0.2) is 87.6 Å². The molecule has 0 saturated carbocycles. The van der Waals surface area contributed by atoms with Gasteiger partial charge in [-0.1, -0.05) is 36.1 Å². The topological polar surface area (TPSA) is 69.0 Å². The molecular weight excluding hydrogens is 452 g/mol. The Kier molecular flexibility index (Phi) is 6.68. The zero-order valence-corrected chi connectivity index (χ0v) is 19.9. The van der Waals surface area contributed by atoms with Gasteiger partial charge in [0, 0.05) is 23.1 Å². The second-order valence-electron chi connectivity index (χ2n) is 7.66. The van der Waals surface area contributed by atoms with E-state index in [0.29, 0.717) is 23.9 Å². The summed E-state index contributed by atoms with van der Waals surface area (Å²) < 4.78 is 24.8. The van der Waals surface area contributed by atoms with Crippen molar-refractivity contribution in [3.8, 4) is 11.8 Å². The van der Waals surface area contributed by atoms with Crippen LogP contribution in [-0.2, 0) is 22.8 Å². The molecular formula is C26H22N2O3S2. The first-order chi connectivity index (χ1) is 15.8. The fourth-order valence-electron chi connectivity index (χ4n) is 3.42. The second kappa shape index (κ2) is 9.65. The molecule has 1 aromatic heterocycles. The van der Waals surface area contributed by atoms with E-state index in [2.05, 4.69) is 35.0 Å². The van der Waals surface area contributed by atoms with Crippen LogP contribution >= 0.6 is 11.8 Å². The number of nitrogens with zero attached hydrogens (tertiary/aromatic N) is 2. The van der Waals surface area contributed by atoms with Gasteiger partial charge in [-0.25, -0.2) is 13.4 Å². The number of rotatable bonds is 5. The smallest absolute Gasteiger partial charge is 0.261 e. The number of hydrogen-bond donors (Lipinski definition) is 0. The van der Waals surface area contributed by atoms with Crippen LogP contribution in [-0.4, -0.2) is 30.5 Å². The lowest BCUT2D eigenvalue weighted by molar-refractivity contribution is 0.602. The molecule has 4 aromatic rings. The van der Waals surface area contributed by atoms with Crippen LogP contribution in [0.5, 0.6) is 0 Å². The van der Waals surface area contributed by atoms with E-state index in [1.54, 1.807) is 48.2 Å². The third-order valence-electron chi connectivity index (χ3n) is 5.19. The molecule has 0 aliphatic heterocycles. The Morgan fingerprint density at radius 1 is 1.00 bits per heavy atom. The molecule has 166 valence electrons. The van der Waals surface area contributed by atoms with E-state index in [1.807, 2.05) is 18.4 Å². The molecule has 5 nitrogen and oxygen atoms in total. The molecule has 0 radical (unpaired) electrons. The van der Waals surface area contributed by atoms with E-state index < -0.39 is 9.84 Å². The molecule has 0 amide bonds. The highest BCUT2D eigenvalue weighted by Crippen LogP contribution is 2.16. The highest BCUT2D eigenvalue weighted by atomic mass is 32.2. The fraction of sp³-hybridized carbons (Fsp3) is 0.154. The molecule has 3 aromatic carbocycles. The summed E-state index contributed by atoms with van der Waals surface area (Å²) in [7, 11) is -3.26. The van der Waals surface area contributed by atoms with Gasteiger partial charge < -0.3 is 0 Å². The van der Waals surface area contributed by atoms with Crippen molar-refractivity contribution in [2.45, 2.75) is 22.8 Å². The lowest BCUT2D eigenvalue weighted by Crippen LogP contribution is -2.21. The average Bonchev–Trinajstić information content (AvgIpc) is 2.81. The van der Waals surface area contributed by atoms with Crippen molar-refractivity contribution in [3.63, 3.8) is 0 Å². The van der Waals surface area contributed by atoms with Crippen LogP contribution in [0.3, 0.4) is 0 Å². The van der Waals surface area contributed by atoms with Gasteiger partial charge in [-0.2, -0.15) is 0 Å². The van der Waals surface area contributed by atoms with E-state index in [1.165, 1.54) is 22.0 Å². The van der Waals surface area contributed by atoms with Crippen LogP contribution in [0.25, 0.3) is 10.9 Å². The van der Waals surface area contributed by atoms with Crippen molar-refractivity contribution in [2.24, 2.45) is 0 Å². The first-order valence-electron chi connectivity index (χ1n) is 10.2. The van der Waals surface area contributed by atoms with E-state index in [-0.39, 0.29) is 10.5 Å². The minimum absolute atomic E-state index is 0.163. The summed E-state index contributed by atoms with van der Waals surface area (Å²) in [5.41, 5.74) is 3.18. The number of fused-ring (bicyclic) bond motifs is 1. The highest BCUT2D eigenvalue weighted by Gasteiger charge is 2.08. The lowest BCUT2D eigenvalue weighted by atomic mass is 10.1. The SMILES string of the molecule is CSc1cccc(CC#Cc2ccc3ncn(Cc4ccc(S(C)(=O)=O)cc4)c(=O)c3c2)c1. The van der Waals surface area contributed by atoms with Gasteiger partial charge in [-0.3, -0.25) is 9.36 Å². The van der Waals surface area contributed by atoms with Crippen molar-refractivity contribution in [3.05, 3.63) is 100 Å². The van der Waals surface area contributed by atoms with Crippen molar-refractivity contribution < 1.29 is 8.42 Å². The highest BCUT2D eigenvalue weighted by molar-refractivity contribution is 7.98. The second-order valence-corrected chi connectivity index (χ2v) is 10.6. The number of thioether (sulfide) groups is 1. The quantitative estimate of drug-likeness (QED) is 0.321. The normalized spacial score (nSPS) is 11.2. The van der Waals surface area contributed by atoms with Gasteiger partial charge in [0.1, 0.15) is 0 Å². The van der Waals surface area contributed by atoms with Crippen LogP contribution in [0.1, 0.15) is 16.7 Å². The fourth-order valence-corrected chi connectivity index (χ4v) is 4.53. The van der Waals surface area contributed by atoms with Gasteiger partial charge in [0.05, 0.1) is 28.7 Å². The number of aromatic nitrogens is 2. The van der Waals surface area contributed by atoms with E-state index >= 15 is 0 Å². The Hall–Kier alpha value is -3.34.